The highest BCUT2D eigenvalue weighted by atomic mass is 16.5. The molecule has 4 rings (SSSR count). The second kappa shape index (κ2) is 6.24. The van der Waals surface area contributed by atoms with Crippen LogP contribution in [0.25, 0.3) is 11.3 Å². The van der Waals surface area contributed by atoms with Crippen molar-refractivity contribution in [3.63, 3.8) is 0 Å². The monoisotopic (exact) mass is 333 g/mol. The zero-order chi connectivity index (χ0) is 17.2. The van der Waals surface area contributed by atoms with Gasteiger partial charge in [0.05, 0.1) is 17.7 Å². The van der Waals surface area contributed by atoms with Crippen molar-refractivity contribution in [3.8, 4) is 11.3 Å². The summed E-state index contributed by atoms with van der Waals surface area (Å²) in [5, 5.41) is 9.64. The quantitative estimate of drug-likeness (QED) is 0.717. The van der Waals surface area contributed by atoms with Gasteiger partial charge in [-0.3, -0.25) is 9.89 Å². The van der Waals surface area contributed by atoms with Gasteiger partial charge in [-0.25, -0.2) is 4.79 Å². The summed E-state index contributed by atoms with van der Waals surface area (Å²) < 4.78 is 5.30. The van der Waals surface area contributed by atoms with Crippen molar-refractivity contribution in [1.29, 1.82) is 0 Å². The number of ether oxygens (including phenoxy) is 1. The van der Waals surface area contributed by atoms with Crippen LogP contribution in [-0.2, 0) is 9.53 Å². The van der Waals surface area contributed by atoms with Gasteiger partial charge in [-0.2, -0.15) is 5.10 Å². The van der Waals surface area contributed by atoms with Crippen molar-refractivity contribution < 1.29 is 14.3 Å². The van der Waals surface area contributed by atoms with Crippen LogP contribution >= 0.6 is 0 Å². The van der Waals surface area contributed by atoms with E-state index in [4.69, 9.17) is 4.74 Å². The molecule has 1 amide bonds. The molecule has 0 fully saturated rings. The normalized spacial score (nSPS) is 15.5. The number of carbonyl (C=O) groups excluding carboxylic acids is 2. The molecule has 0 unspecified atom stereocenters. The fraction of sp³-hybridized carbons (Fsp3) is 0.105. The molecule has 3 aromatic rings. The van der Waals surface area contributed by atoms with Gasteiger partial charge in [-0.05, 0) is 29.8 Å². The Balaban J connectivity index is 1.42. The fourth-order valence-corrected chi connectivity index (χ4v) is 2.90. The number of aromatic amines is 1. The van der Waals surface area contributed by atoms with Gasteiger partial charge in [-0.15, -0.1) is 0 Å². The average Bonchev–Trinajstić information content (AvgIpc) is 3.25. The van der Waals surface area contributed by atoms with E-state index in [9.17, 15) is 9.59 Å². The van der Waals surface area contributed by atoms with E-state index in [2.05, 4.69) is 15.5 Å². The molecule has 1 aliphatic heterocycles. The van der Waals surface area contributed by atoms with E-state index < -0.39 is 6.10 Å². The Bertz CT molecular complexity index is 917. The third kappa shape index (κ3) is 3.01. The molecule has 0 saturated heterocycles. The molecule has 0 aliphatic carbocycles. The van der Waals surface area contributed by atoms with Crippen LogP contribution in [-0.4, -0.2) is 22.1 Å². The Hall–Kier alpha value is -3.41. The van der Waals surface area contributed by atoms with Gasteiger partial charge < -0.3 is 10.1 Å². The maximum absolute atomic E-state index is 12.3. The van der Waals surface area contributed by atoms with Crippen LogP contribution < -0.4 is 5.32 Å². The number of H-pyrrole nitrogens is 1. The standard InChI is InChI=1S/C19H15N3O3/c23-18(11-17-14-3-1-2-4-15(14)19(24)25-17)21-13-7-5-12(6-8-13)16-9-10-20-22-16/h1-10,17H,11H2,(H,20,22)(H,21,23)/t17-/m0/s1. The summed E-state index contributed by atoms with van der Waals surface area (Å²) in [5.41, 5.74) is 3.87. The summed E-state index contributed by atoms with van der Waals surface area (Å²) in [6.45, 7) is 0. The first kappa shape index (κ1) is 15.1. The van der Waals surface area contributed by atoms with Crippen LogP contribution in [0.5, 0.6) is 0 Å². The number of rotatable bonds is 4. The molecule has 6 heteroatoms. The lowest BCUT2D eigenvalue weighted by Gasteiger charge is -2.11. The Morgan fingerprint density at radius 1 is 1.12 bits per heavy atom. The van der Waals surface area contributed by atoms with Crippen LogP contribution in [0.3, 0.4) is 0 Å². The Morgan fingerprint density at radius 3 is 2.68 bits per heavy atom. The van der Waals surface area contributed by atoms with Crippen molar-refractivity contribution in [1.82, 2.24) is 10.2 Å². The fourth-order valence-electron chi connectivity index (χ4n) is 2.90. The van der Waals surface area contributed by atoms with E-state index >= 15 is 0 Å². The maximum atomic E-state index is 12.3. The number of carbonyl (C=O) groups is 2. The summed E-state index contributed by atoms with van der Waals surface area (Å²) >= 11 is 0. The first-order chi connectivity index (χ1) is 12.2. The number of anilines is 1. The summed E-state index contributed by atoms with van der Waals surface area (Å²) in [6.07, 6.45) is 1.24. The highest BCUT2D eigenvalue weighted by molar-refractivity contribution is 5.96. The number of hydrogen-bond donors (Lipinski definition) is 2. The molecule has 1 aromatic heterocycles. The summed E-state index contributed by atoms with van der Waals surface area (Å²) in [7, 11) is 0. The van der Waals surface area contributed by atoms with Crippen molar-refractivity contribution in [3.05, 3.63) is 71.9 Å². The molecule has 1 aliphatic rings. The SMILES string of the molecule is O=C(C[C@@H]1OC(=O)c2ccccc21)Nc1ccc(-c2ccn[nH]2)cc1. The molecule has 0 saturated carbocycles. The van der Waals surface area contributed by atoms with E-state index in [0.29, 0.717) is 11.3 Å². The van der Waals surface area contributed by atoms with E-state index in [1.54, 1.807) is 18.3 Å². The molecule has 2 N–H and O–H groups in total. The van der Waals surface area contributed by atoms with E-state index in [0.717, 1.165) is 16.8 Å². The van der Waals surface area contributed by atoms with Gasteiger partial charge in [0.25, 0.3) is 0 Å². The van der Waals surface area contributed by atoms with Crippen molar-refractivity contribution in [2.45, 2.75) is 12.5 Å². The number of amides is 1. The molecular weight excluding hydrogens is 318 g/mol. The van der Waals surface area contributed by atoms with Crippen LogP contribution in [0.1, 0.15) is 28.4 Å². The van der Waals surface area contributed by atoms with Gasteiger partial charge in [-0.1, -0.05) is 30.3 Å². The minimum absolute atomic E-state index is 0.0883. The zero-order valence-electron chi connectivity index (χ0n) is 13.2. The smallest absolute Gasteiger partial charge is 0.339 e. The second-order valence-electron chi connectivity index (χ2n) is 5.78. The van der Waals surface area contributed by atoms with Gasteiger partial charge in [0.2, 0.25) is 5.91 Å². The highest BCUT2D eigenvalue weighted by Gasteiger charge is 2.31. The highest BCUT2D eigenvalue weighted by Crippen LogP contribution is 2.33. The Kier molecular flexibility index (Phi) is 3.78. The minimum atomic E-state index is -0.534. The minimum Gasteiger partial charge on any atom is -0.453 e. The second-order valence-corrected chi connectivity index (χ2v) is 5.78. The number of fused-ring (bicyclic) bond motifs is 1. The van der Waals surface area contributed by atoms with Crippen molar-refractivity contribution in [2.75, 3.05) is 5.32 Å². The third-order valence-corrected chi connectivity index (χ3v) is 4.13. The van der Waals surface area contributed by atoms with E-state index in [-0.39, 0.29) is 18.3 Å². The lowest BCUT2D eigenvalue weighted by Crippen LogP contribution is -2.15. The molecule has 124 valence electrons. The van der Waals surface area contributed by atoms with Gasteiger partial charge in [0.1, 0.15) is 6.10 Å². The number of nitrogens with one attached hydrogen (secondary N) is 2. The third-order valence-electron chi connectivity index (χ3n) is 4.13. The predicted molar refractivity (Wildman–Crippen MR) is 91.9 cm³/mol. The molecule has 2 heterocycles. The Labute approximate surface area is 143 Å². The molecule has 1 atom stereocenters. The topological polar surface area (TPSA) is 84.1 Å². The number of aromatic nitrogens is 2. The van der Waals surface area contributed by atoms with Gasteiger partial charge in [0, 0.05) is 17.4 Å². The first-order valence-corrected chi connectivity index (χ1v) is 7.90. The molecule has 0 radical (unpaired) electrons. The number of nitrogens with zero attached hydrogens (tertiary/aromatic N) is 1. The maximum Gasteiger partial charge on any atom is 0.339 e. The summed E-state index contributed by atoms with van der Waals surface area (Å²) in [4.78, 5) is 24.1. The Morgan fingerprint density at radius 2 is 1.92 bits per heavy atom. The molecule has 0 spiro atoms. The number of benzene rings is 2. The number of esters is 1. The van der Waals surface area contributed by atoms with Crippen molar-refractivity contribution in [2.24, 2.45) is 0 Å². The molecular formula is C19H15N3O3. The lowest BCUT2D eigenvalue weighted by atomic mass is 10.0. The largest absolute Gasteiger partial charge is 0.453 e. The van der Waals surface area contributed by atoms with Crippen LogP contribution in [0.4, 0.5) is 5.69 Å². The number of cyclic esters (lactones) is 1. The number of hydrogen-bond acceptors (Lipinski definition) is 4. The summed E-state index contributed by atoms with van der Waals surface area (Å²) in [6, 6.07) is 16.5. The van der Waals surface area contributed by atoms with Crippen LogP contribution in [0, 0.1) is 0 Å². The van der Waals surface area contributed by atoms with Gasteiger partial charge in [0.15, 0.2) is 0 Å². The molecule has 25 heavy (non-hydrogen) atoms. The van der Waals surface area contributed by atoms with Crippen LogP contribution in [0.2, 0.25) is 0 Å². The van der Waals surface area contributed by atoms with Crippen LogP contribution in [0.15, 0.2) is 60.8 Å². The predicted octanol–water partition coefficient (Wildman–Crippen LogP) is 3.32. The molecule has 0 bridgehead atoms. The molecule has 2 aromatic carbocycles. The first-order valence-electron chi connectivity index (χ1n) is 7.90. The van der Waals surface area contributed by atoms with E-state index in [1.807, 2.05) is 42.5 Å². The lowest BCUT2D eigenvalue weighted by molar-refractivity contribution is -0.118. The summed E-state index contributed by atoms with van der Waals surface area (Å²) in [5.74, 6) is -0.582. The average molecular weight is 333 g/mol. The van der Waals surface area contributed by atoms with Gasteiger partial charge >= 0.3 is 5.97 Å². The van der Waals surface area contributed by atoms with E-state index in [1.165, 1.54) is 0 Å². The van der Waals surface area contributed by atoms with Crippen molar-refractivity contribution >= 4 is 17.6 Å². The molecule has 6 nitrogen and oxygen atoms in total. The zero-order valence-corrected chi connectivity index (χ0v) is 13.2.